The minimum Gasteiger partial charge on any atom is -0.495 e. The van der Waals surface area contributed by atoms with E-state index in [4.69, 9.17) is 14.7 Å². The topological polar surface area (TPSA) is 106 Å². The van der Waals surface area contributed by atoms with Crippen LogP contribution in [0.3, 0.4) is 0 Å². The van der Waals surface area contributed by atoms with Crippen LogP contribution in [-0.4, -0.2) is 103 Å². The standard InChI is InChI=1S/C35H52N8O3/c1-7-29-34(45)40(5)31-23(4)36-35(39-32(31)43(29)22(2)3)38-28-15-10-25(20-30(28)46-6)33(44)37-26-11-13-27(14-12-26)42-18-16-41(17-19-42)21-24-8-9-24/h10,15,20,22,24,26-27,29H,7-9,11-14,16-19,21H2,1-6H3,(H,37,44)(H,36,38,39)/t26?,27?,29-/m1/s1. The van der Waals surface area contributed by atoms with Crippen molar-refractivity contribution in [2.75, 3.05) is 62.0 Å². The van der Waals surface area contributed by atoms with E-state index in [1.165, 1.54) is 45.6 Å². The Kier molecular flexibility index (Phi) is 9.70. The molecule has 250 valence electrons. The number of aromatic nitrogens is 2. The van der Waals surface area contributed by atoms with Crippen LogP contribution < -0.4 is 25.2 Å². The lowest BCUT2D eigenvalue weighted by molar-refractivity contribution is -0.120. The summed E-state index contributed by atoms with van der Waals surface area (Å²) in [5.41, 5.74) is 2.67. The van der Waals surface area contributed by atoms with Gasteiger partial charge in [-0.15, -0.1) is 0 Å². The number of amides is 2. The molecule has 0 unspecified atom stereocenters. The molecule has 2 aliphatic carbocycles. The first-order valence-electron chi connectivity index (χ1n) is 17.3. The highest BCUT2D eigenvalue weighted by atomic mass is 16.5. The zero-order valence-corrected chi connectivity index (χ0v) is 28.5. The number of hydrogen-bond donors (Lipinski definition) is 2. The summed E-state index contributed by atoms with van der Waals surface area (Å²) in [7, 11) is 3.39. The van der Waals surface area contributed by atoms with Gasteiger partial charge in [0.25, 0.3) is 5.91 Å². The number of aryl methyl sites for hydroxylation is 1. The maximum atomic E-state index is 13.3. The average molecular weight is 633 g/mol. The van der Waals surface area contributed by atoms with E-state index in [2.05, 4.69) is 39.2 Å². The van der Waals surface area contributed by atoms with Gasteiger partial charge in [0.15, 0.2) is 5.82 Å². The molecule has 2 saturated carbocycles. The third-order valence-electron chi connectivity index (χ3n) is 10.4. The van der Waals surface area contributed by atoms with Gasteiger partial charge >= 0.3 is 0 Å². The summed E-state index contributed by atoms with van der Waals surface area (Å²) in [6, 6.07) is 6.06. The van der Waals surface area contributed by atoms with E-state index < -0.39 is 0 Å². The van der Waals surface area contributed by atoms with E-state index in [1.807, 2.05) is 26.0 Å². The highest BCUT2D eigenvalue weighted by molar-refractivity contribution is 6.05. The molecule has 2 N–H and O–H groups in total. The largest absolute Gasteiger partial charge is 0.495 e. The summed E-state index contributed by atoms with van der Waals surface area (Å²) >= 11 is 0. The number of nitrogens with one attached hydrogen (secondary N) is 2. The molecule has 1 atom stereocenters. The molecule has 3 fully saturated rings. The Labute approximate surface area is 274 Å². The maximum absolute atomic E-state index is 13.3. The first-order chi connectivity index (χ1) is 22.2. The van der Waals surface area contributed by atoms with Crippen molar-refractivity contribution in [1.82, 2.24) is 25.1 Å². The van der Waals surface area contributed by atoms with E-state index in [-0.39, 0.29) is 29.9 Å². The van der Waals surface area contributed by atoms with Gasteiger partial charge in [-0.3, -0.25) is 14.5 Å². The van der Waals surface area contributed by atoms with Gasteiger partial charge in [-0.05, 0) is 89.8 Å². The molecule has 3 heterocycles. The second-order valence-corrected chi connectivity index (χ2v) is 13.9. The summed E-state index contributed by atoms with van der Waals surface area (Å²) in [5, 5.41) is 6.60. The van der Waals surface area contributed by atoms with Gasteiger partial charge in [0, 0.05) is 63.5 Å². The second-order valence-electron chi connectivity index (χ2n) is 13.9. The first kappa shape index (κ1) is 32.5. The predicted molar refractivity (Wildman–Crippen MR) is 182 cm³/mol. The number of fused-ring (bicyclic) bond motifs is 1. The Hall–Kier alpha value is -3.44. The molecule has 2 aliphatic heterocycles. The van der Waals surface area contributed by atoms with Crippen LogP contribution in [0.1, 0.15) is 81.8 Å². The molecule has 1 aromatic carbocycles. The number of benzene rings is 1. The first-order valence-corrected chi connectivity index (χ1v) is 17.3. The lowest BCUT2D eigenvalue weighted by Gasteiger charge is -2.43. The highest BCUT2D eigenvalue weighted by Gasteiger charge is 2.39. The Balaban J connectivity index is 1.08. The molecule has 1 aromatic heterocycles. The minimum absolute atomic E-state index is 0.0529. The lowest BCUT2D eigenvalue weighted by atomic mass is 9.89. The van der Waals surface area contributed by atoms with Gasteiger partial charge < -0.3 is 30.1 Å². The van der Waals surface area contributed by atoms with Crippen LogP contribution in [0, 0.1) is 12.8 Å². The number of ether oxygens (including phenoxy) is 1. The molecule has 6 rings (SSSR count). The van der Waals surface area contributed by atoms with Crippen LogP contribution in [-0.2, 0) is 4.79 Å². The molecule has 4 aliphatic rings. The zero-order valence-electron chi connectivity index (χ0n) is 28.5. The molecule has 46 heavy (non-hydrogen) atoms. The lowest BCUT2D eigenvalue weighted by Crippen LogP contribution is -2.55. The van der Waals surface area contributed by atoms with Gasteiger partial charge in [0.2, 0.25) is 11.9 Å². The number of hydrogen-bond acceptors (Lipinski definition) is 9. The maximum Gasteiger partial charge on any atom is 0.251 e. The summed E-state index contributed by atoms with van der Waals surface area (Å²) < 4.78 is 5.71. The molecule has 11 heteroatoms. The van der Waals surface area contributed by atoms with Crippen molar-refractivity contribution in [3.63, 3.8) is 0 Å². The quantitative estimate of drug-likeness (QED) is 0.390. The average Bonchev–Trinajstić information content (AvgIpc) is 3.87. The fraction of sp³-hybridized carbons (Fsp3) is 0.657. The number of piperazine rings is 1. The molecule has 2 amide bonds. The van der Waals surface area contributed by atoms with Crippen LogP contribution in [0.25, 0.3) is 0 Å². The van der Waals surface area contributed by atoms with Crippen LogP contribution in [0.2, 0.25) is 0 Å². The van der Waals surface area contributed by atoms with Crippen molar-refractivity contribution >= 4 is 35.0 Å². The Morgan fingerprint density at radius 3 is 2.39 bits per heavy atom. The van der Waals surface area contributed by atoms with Crippen molar-refractivity contribution in [2.24, 2.45) is 5.92 Å². The van der Waals surface area contributed by atoms with Crippen molar-refractivity contribution in [3.8, 4) is 5.75 Å². The summed E-state index contributed by atoms with van der Waals surface area (Å²) in [6.07, 6.45) is 7.83. The number of rotatable bonds is 10. The normalized spacial score (nSPS) is 24.2. The van der Waals surface area contributed by atoms with Gasteiger partial charge in [0.05, 0.1) is 18.5 Å². The third kappa shape index (κ3) is 6.81. The summed E-state index contributed by atoms with van der Waals surface area (Å²) in [5.74, 6) is 2.63. The highest BCUT2D eigenvalue weighted by Crippen LogP contribution is 2.39. The number of carbonyl (C=O) groups excluding carboxylic acids is 2. The van der Waals surface area contributed by atoms with Gasteiger partial charge in [0.1, 0.15) is 17.5 Å². The SMILES string of the molecule is CC[C@@H]1C(=O)N(C)c2c(C)nc(Nc3ccc(C(=O)NC4CCC(N5CCN(CC6CC6)CC5)CC4)cc3OC)nc2N1C(C)C. The van der Waals surface area contributed by atoms with Crippen molar-refractivity contribution in [1.29, 1.82) is 0 Å². The molecule has 0 bridgehead atoms. The van der Waals surface area contributed by atoms with Gasteiger partial charge in [-0.1, -0.05) is 6.92 Å². The van der Waals surface area contributed by atoms with Crippen molar-refractivity contribution < 1.29 is 14.3 Å². The molecule has 2 aromatic rings. The van der Waals surface area contributed by atoms with Gasteiger partial charge in [-0.25, -0.2) is 4.98 Å². The van der Waals surface area contributed by atoms with Crippen LogP contribution in [0.15, 0.2) is 18.2 Å². The Bertz CT molecular complexity index is 1410. The molecule has 1 saturated heterocycles. The molecule has 11 nitrogen and oxygen atoms in total. The zero-order chi connectivity index (χ0) is 32.5. The Morgan fingerprint density at radius 2 is 1.76 bits per heavy atom. The van der Waals surface area contributed by atoms with Gasteiger partial charge in [-0.2, -0.15) is 4.98 Å². The van der Waals surface area contributed by atoms with Crippen LogP contribution in [0.4, 0.5) is 23.1 Å². The number of anilines is 4. The van der Waals surface area contributed by atoms with E-state index in [9.17, 15) is 9.59 Å². The van der Waals surface area contributed by atoms with E-state index in [0.29, 0.717) is 41.1 Å². The second kappa shape index (κ2) is 13.7. The van der Waals surface area contributed by atoms with E-state index in [0.717, 1.165) is 43.1 Å². The number of carbonyl (C=O) groups is 2. The molecular weight excluding hydrogens is 580 g/mol. The number of methoxy groups -OCH3 is 1. The third-order valence-corrected chi connectivity index (χ3v) is 10.4. The van der Waals surface area contributed by atoms with Crippen LogP contribution >= 0.6 is 0 Å². The van der Waals surface area contributed by atoms with Crippen molar-refractivity contribution in [2.45, 2.75) is 96.8 Å². The monoisotopic (exact) mass is 632 g/mol. The molecule has 0 radical (unpaired) electrons. The summed E-state index contributed by atoms with van der Waals surface area (Å²) in [4.78, 5) is 45.2. The number of nitrogens with zero attached hydrogens (tertiary/aromatic N) is 6. The molecular formula is C35H52N8O3. The van der Waals surface area contributed by atoms with Crippen LogP contribution in [0.5, 0.6) is 5.75 Å². The molecule has 0 spiro atoms. The predicted octanol–water partition coefficient (Wildman–Crippen LogP) is 4.58. The smallest absolute Gasteiger partial charge is 0.251 e. The van der Waals surface area contributed by atoms with E-state index in [1.54, 1.807) is 25.1 Å². The number of likely N-dealkylation sites (N-methyl/N-ethyl adjacent to an activating group) is 1. The van der Waals surface area contributed by atoms with Crippen molar-refractivity contribution in [3.05, 3.63) is 29.5 Å². The fourth-order valence-electron chi connectivity index (χ4n) is 7.64. The summed E-state index contributed by atoms with van der Waals surface area (Å²) in [6.45, 7) is 14.1. The fourth-order valence-corrected chi connectivity index (χ4v) is 7.64. The van der Waals surface area contributed by atoms with E-state index >= 15 is 0 Å². The Morgan fingerprint density at radius 1 is 1.04 bits per heavy atom. The minimum atomic E-state index is -0.283.